The normalized spacial score (nSPS) is 11.0. The zero-order chi connectivity index (χ0) is 13.2. The average molecular weight is 334 g/mol. The van der Waals surface area contributed by atoms with Gasteiger partial charge in [0.05, 0.1) is 16.8 Å². The topological polar surface area (TPSA) is 54.7 Å². The molecule has 5 heteroatoms. The first kappa shape index (κ1) is 12.6. The molecule has 2 aromatic carbocycles. The molecule has 3 N–H and O–H groups in total. The van der Waals surface area contributed by atoms with Crippen molar-refractivity contribution in [3.63, 3.8) is 0 Å². The van der Waals surface area contributed by atoms with Crippen molar-refractivity contribution < 1.29 is 0 Å². The Balaban J connectivity index is 1.80. The molecule has 0 amide bonds. The molecule has 0 spiro atoms. The number of hydrogen-bond donors (Lipinski definition) is 2. The monoisotopic (exact) mass is 333 g/mol. The lowest BCUT2D eigenvalue weighted by Crippen LogP contribution is -1.83. The molecule has 0 aliphatic rings. The predicted octanol–water partition coefficient (Wildman–Crippen LogP) is 4.20. The quantitative estimate of drug-likeness (QED) is 0.557. The van der Waals surface area contributed by atoms with Crippen LogP contribution >= 0.6 is 27.7 Å². The summed E-state index contributed by atoms with van der Waals surface area (Å²) in [5.74, 6) is 1.76. The van der Waals surface area contributed by atoms with E-state index in [1.807, 2.05) is 36.4 Å². The molecular weight excluding hydrogens is 322 g/mol. The standard InChI is InChI=1S/C14H12BrN3S/c15-10-3-1-2-4-13(10)19-8-14-17-11-6-5-9(16)7-12(11)18-14/h1-7H,8,16H2,(H,17,18). The fourth-order valence-electron chi connectivity index (χ4n) is 1.86. The maximum atomic E-state index is 5.76. The molecule has 3 aromatic rings. The van der Waals surface area contributed by atoms with Gasteiger partial charge in [-0.25, -0.2) is 4.98 Å². The van der Waals surface area contributed by atoms with E-state index in [2.05, 4.69) is 32.0 Å². The van der Waals surface area contributed by atoms with Crippen LogP contribution in [0.15, 0.2) is 51.8 Å². The number of nitrogens with two attached hydrogens (primary N) is 1. The number of rotatable bonds is 3. The molecule has 0 saturated carbocycles. The third-order valence-electron chi connectivity index (χ3n) is 2.76. The van der Waals surface area contributed by atoms with Crippen LogP contribution in [0, 0.1) is 0 Å². The maximum Gasteiger partial charge on any atom is 0.117 e. The van der Waals surface area contributed by atoms with Crippen molar-refractivity contribution in [3.8, 4) is 0 Å². The van der Waals surface area contributed by atoms with Gasteiger partial charge in [-0.2, -0.15) is 0 Å². The minimum atomic E-state index is 0.751. The molecule has 0 aliphatic heterocycles. The second-order valence-corrected chi connectivity index (χ2v) is 6.05. The summed E-state index contributed by atoms with van der Waals surface area (Å²) in [6.45, 7) is 0. The number of halogens is 1. The van der Waals surface area contributed by atoms with Crippen LogP contribution < -0.4 is 5.73 Å². The summed E-state index contributed by atoms with van der Waals surface area (Å²) in [5.41, 5.74) is 8.45. The Bertz CT molecular complexity index is 724. The van der Waals surface area contributed by atoms with Gasteiger partial charge in [-0.3, -0.25) is 0 Å². The second-order valence-electron chi connectivity index (χ2n) is 4.18. The van der Waals surface area contributed by atoms with Crippen LogP contribution in [0.1, 0.15) is 5.82 Å². The Morgan fingerprint density at radius 1 is 1.21 bits per heavy atom. The van der Waals surface area contributed by atoms with E-state index in [1.54, 1.807) is 11.8 Å². The van der Waals surface area contributed by atoms with Gasteiger partial charge in [0.1, 0.15) is 5.82 Å². The zero-order valence-electron chi connectivity index (χ0n) is 10.1. The first-order valence-electron chi connectivity index (χ1n) is 5.84. The van der Waals surface area contributed by atoms with Gasteiger partial charge in [0.2, 0.25) is 0 Å². The van der Waals surface area contributed by atoms with Crippen LogP contribution in [-0.4, -0.2) is 9.97 Å². The van der Waals surface area contributed by atoms with Crippen LogP contribution in [-0.2, 0) is 5.75 Å². The minimum absolute atomic E-state index is 0.751. The van der Waals surface area contributed by atoms with Crippen molar-refractivity contribution in [2.24, 2.45) is 0 Å². The Morgan fingerprint density at radius 3 is 2.89 bits per heavy atom. The van der Waals surface area contributed by atoms with E-state index in [0.717, 1.165) is 32.8 Å². The lowest BCUT2D eigenvalue weighted by molar-refractivity contribution is 1.14. The van der Waals surface area contributed by atoms with Crippen LogP contribution in [0.5, 0.6) is 0 Å². The number of fused-ring (bicyclic) bond motifs is 1. The van der Waals surface area contributed by atoms with Gasteiger partial charge in [0, 0.05) is 15.1 Å². The number of nitrogens with zero attached hydrogens (tertiary/aromatic N) is 1. The van der Waals surface area contributed by atoms with E-state index in [-0.39, 0.29) is 0 Å². The summed E-state index contributed by atoms with van der Waals surface area (Å²) in [5, 5.41) is 0. The van der Waals surface area contributed by atoms with Crippen molar-refractivity contribution in [1.82, 2.24) is 9.97 Å². The second kappa shape index (κ2) is 5.27. The van der Waals surface area contributed by atoms with Crippen LogP contribution in [0.25, 0.3) is 11.0 Å². The van der Waals surface area contributed by atoms with Crippen molar-refractivity contribution in [2.45, 2.75) is 10.6 Å². The molecule has 0 radical (unpaired) electrons. The number of aromatic amines is 1. The number of anilines is 1. The van der Waals surface area contributed by atoms with E-state index in [9.17, 15) is 0 Å². The molecule has 0 bridgehead atoms. The van der Waals surface area contributed by atoms with E-state index in [4.69, 9.17) is 5.73 Å². The average Bonchev–Trinajstić information content (AvgIpc) is 2.79. The molecule has 3 rings (SSSR count). The van der Waals surface area contributed by atoms with Crippen molar-refractivity contribution in [3.05, 3.63) is 52.8 Å². The number of aromatic nitrogens is 2. The molecule has 1 heterocycles. The fraction of sp³-hybridized carbons (Fsp3) is 0.0714. The van der Waals surface area contributed by atoms with Gasteiger partial charge < -0.3 is 10.7 Å². The number of nitrogen functional groups attached to an aromatic ring is 1. The number of hydrogen-bond acceptors (Lipinski definition) is 3. The number of nitrogens with one attached hydrogen (secondary N) is 1. The Labute approximate surface area is 123 Å². The lowest BCUT2D eigenvalue weighted by atomic mass is 10.3. The van der Waals surface area contributed by atoms with E-state index < -0.39 is 0 Å². The van der Waals surface area contributed by atoms with Gasteiger partial charge >= 0.3 is 0 Å². The van der Waals surface area contributed by atoms with Crippen molar-refractivity contribution in [2.75, 3.05) is 5.73 Å². The zero-order valence-corrected chi connectivity index (χ0v) is 12.5. The highest BCUT2D eigenvalue weighted by molar-refractivity contribution is 9.10. The first-order valence-corrected chi connectivity index (χ1v) is 7.62. The largest absolute Gasteiger partial charge is 0.399 e. The Morgan fingerprint density at radius 2 is 2.05 bits per heavy atom. The summed E-state index contributed by atoms with van der Waals surface area (Å²) >= 11 is 5.29. The fourth-order valence-corrected chi connectivity index (χ4v) is 3.29. The number of benzene rings is 2. The summed E-state index contributed by atoms with van der Waals surface area (Å²) in [7, 11) is 0. The van der Waals surface area contributed by atoms with Gasteiger partial charge in [0.15, 0.2) is 0 Å². The van der Waals surface area contributed by atoms with Gasteiger partial charge in [-0.1, -0.05) is 12.1 Å². The van der Waals surface area contributed by atoms with Gasteiger partial charge in [-0.05, 0) is 46.3 Å². The SMILES string of the molecule is Nc1ccc2nc(CSc3ccccc3Br)[nH]c2c1. The van der Waals surface area contributed by atoms with Gasteiger partial charge in [-0.15, -0.1) is 11.8 Å². The Kier molecular flexibility index (Phi) is 3.48. The van der Waals surface area contributed by atoms with Crippen LogP contribution in [0.3, 0.4) is 0 Å². The Hall–Kier alpha value is -1.46. The summed E-state index contributed by atoms with van der Waals surface area (Å²) in [6, 6.07) is 13.9. The predicted molar refractivity (Wildman–Crippen MR) is 84.2 cm³/mol. The maximum absolute atomic E-state index is 5.76. The molecule has 0 saturated heterocycles. The number of H-pyrrole nitrogens is 1. The number of thioether (sulfide) groups is 1. The molecule has 1 aromatic heterocycles. The molecule has 0 aliphatic carbocycles. The molecular formula is C14H12BrN3S. The molecule has 96 valence electrons. The summed E-state index contributed by atoms with van der Waals surface area (Å²) in [6.07, 6.45) is 0. The molecule has 0 unspecified atom stereocenters. The van der Waals surface area contributed by atoms with Gasteiger partial charge in [0.25, 0.3) is 0 Å². The highest BCUT2D eigenvalue weighted by Gasteiger charge is 2.05. The smallest absolute Gasteiger partial charge is 0.117 e. The first-order chi connectivity index (χ1) is 9.22. The molecule has 0 fully saturated rings. The van der Waals surface area contributed by atoms with Crippen molar-refractivity contribution in [1.29, 1.82) is 0 Å². The van der Waals surface area contributed by atoms with E-state index in [0.29, 0.717) is 0 Å². The third kappa shape index (κ3) is 2.77. The van der Waals surface area contributed by atoms with E-state index in [1.165, 1.54) is 4.90 Å². The lowest BCUT2D eigenvalue weighted by Gasteiger charge is -2.01. The number of imidazole rings is 1. The van der Waals surface area contributed by atoms with Crippen LogP contribution in [0.2, 0.25) is 0 Å². The van der Waals surface area contributed by atoms with E-state index >= 15 is 0 Å². The van der Waals surface area contributed by atoms with Crippen molar-refractivity contribution >= 4 is 44.4 Å². The summed E-state index contributed by atoms with van der Waals surface area (Å²) in [4.78, 5) is 9.06. The molecule has 0 atom stereocenters. The van der Waals surface area contributed by atoms with Crippen LogP contribution in [0.4, 0.5) is 5.69 Å². The minimum Gasteiger partial charge on any atom is -0.399 e. The highest BCUT2D eigenvalue weighted by atomic mass is 79.9. The molecule has 3 nitrogen and oxygen atoms in total. The molecule has 19 heavy (non-hydrogen) atoms. The summed E-state index contributed by atoms with van der Waals surface area (Å²) < 4.78 is 1.11. The third-order valence-corrected chi connectivity index (χ3v) is 4.79. The highest BCUT2D eigenvalue weighted by Crippen LogP contribution is 2.29.